The van der Waals surface area contributed by atoms with Gasteiger partial charge >= 0.3 is 0 Å². The van der Waals surface area contributed by atoms with Gasteiger partial charge in [0.25, 0.3) is 5.91 Å². The summed E-state index contributed by atoms with van der Waals surface area (Å²) in [5.74, 6) is 1.04. The molecule has 0 aliphatic heterocycles. The Bertz CT molecular complexity index is 891. The molecule has 3 aromatic rings. The number of hydrogen-bond acceptors (Lipinski definition) is 3. The number of nitrogens with one attached hydrogen (secondary N) is 1. The molecule has 4 nitrogen and oxygen atoms in total. The highest BCUT2D eigenvalue weighted by molar-refractivity contribution is 6.05. The van der Waals surface area contributed by atoms with Crippen LogP contribution in [0.2, 0.25) is 0 Å². The van der Waals surface area contributed by atoms with E-state index in [1.807, 2.05) is 42.5 Å². The van der Waals surface area contributed by atoms with Crippen LogP contribution in [0.1, 0.15) is 21.5 Å². The SMILES string of the molecule is COc1ccc(NC(=O)c2ccccc2Cc2ccccc2)cc1OC. The highest BCUT2D eigenvalue weighted by atomic mass is 16.5. The second-order valence-electron chi connectivity index (χ2n) is 5.84. The second-order valence-corrected chi connectivity index (χ2v) is 5.84. The summed E-state index contributed by atoms with van der Waals surface area (Å²) in [5, 5.41) is 2.94. The van der Waals surface area contributed by atoms with Crippen LogP contribution in [0.5, 0.6) is 11.5 Å². The van der Waals surface area contributed by atoms with Gasteiger partial charge < -0.3 is 14.8 Å². The molecule has 132 valence electrons. The van der Waals surface area contributed by atoms with Gasteiger partial charge in [-0.3, -0.25) is 4.79 Å². The predicted octanol–water partition coefficient (Wildman–Crippen LogP) is 4.55. The minimum absolute atomic E-state index is 0.149. The fraction of sp³-hybridized carbons (Fsp3) is 0.136. The van der Waals surface area contributed by atoms with Gasteiger partial charge in [-0.05, 0) is 35.7 Å². The van der Waals surface area contributed by atoms with Crippen molar-refractivity contribution >= 4 is 11.6 Å². The number of amides is 1. The fourth-order valence-electron chi connectivity index (χ4n) is 2.82. The van der Waals surface area contributed by atoms with Gasteiger partial charge in [-0.25, -0.2) is 0 Å². The Balaban J connectivity index is 1.82. The molecule has 0 bridgehead atoms. The lowest BCUT2D eigenvalue weighted by atomic mass is 9.99. The molecule has 1 N–H and O–H groups in total. The summed E-state index contributed by atoms with van der Waals surface area (Å²) in [6, 6.07) is 23.1. The van der Waals surface area contributed by atoms with E-state index < -0.39 is 0 Å². The lowest BCUT2D eigenvalue weighted by molar-refractivity contribution is 0.102. The first-order valence-electron chi connectivity index (χ1n) is 8.36. The third kappa shape index (κ3) is 4.03. The molecule has 0 fully saturated rings. The van der Waals surface area contributed by atoms with Crippen molar-refractivity contribution in [2.24, 2.45) is 0 Å². The number of benzene rings is 3. The maximum atomic E-state index is 12.8. The molecule has 4 heteroatoms. The Labute approximate surface area is 153 Å². The van der Waals surface area contributed by atoms with E-state index in [4.69, 9.17) is 9.47 Å². The summed E-state index contributed by atoms with van der Waals surface area (Å²) in [7, 11) is 3.15. The van der Waals surface area contributed by atoms with Crippen LogP contribution in [-0.4, -0.2) is 20.1 Å². The molecule has 0 aliphatic rings. The van der Waals surface area contributed by atoms with Crippen LogP contribution in [0.3, 0.4) is 0 Å². The minimum atomic E-state index is -0.149. The number of methoxy groups -OCH3 is 2. The van der Waals surface area contributed by atoms with Gasteiger partial charge in [0.2, 0.25) is 0 Å². The zero-order valence-electron chi connectivity index (χ0n) is 14.9. The molecule has 3 rings (SSSR count). The normalized spacial score (nSPS) is 10.2. The van der Waals surface area contributed by atoms with E-state index in [2.05, 4.69) is 17.4 Å². The van der Waals surface area contributed by atoms with Crippen LogP contribution in [0.15, 0.2) is 72.8 Å². The maximum absolute atomic E-state index is 12.8. The van der Waals surface area contributed by atoms with Gasteiger partial charge in [-0.2, -0.15) is 0 Å². The summed E-state index contributed by atoms with van der Waals surface area (Å²) < 4.78 is 10.5. The highest BCUT2D eigenvalue weighted by Gasteiger charge is 2.13. The largest absolute Gasteiger partial charge is 0.493 e. The number of ether oxygens (including phenoxy) is 2. The first kappa shape index (κ1) is 17.5. The van der Waals surface area contributed by atoms with Crippen molar-refractivity contribution in [3.8, 4) is 11.5 Å². The van der Waals surface area contributed by atoms with Gasteiger partial charge in [0, 0.05) is 17.3 Å². The molecule has 0 aromatic heterocycles. The van der Waals surface area contributed by atoms with Crippen molar-refractivity contribution < 1.29 is 14.3 Å². The summed E-state index contributed by atoms with van der Waals surface area (Å²) in [6.45, 7) is 0. The molecule has 0 saturated carbocycles. The molecule has 0 aliphatic carbocycles. The Hall–Kier alpha value is -3.27. The van der Waals surface area contributed by atoms with E-state index in [9.17, 15) is 4.79 Å². The molecule has 3 aromatic carbocycles. The van der Waals surface area contributed by atoms with Crippen molar-refractivity contribution in [1.29, 1.82) is 0 Å². The lowest BCUT2D eigenvalue weighted by Gasteiger charge is -2.12. The highest BCUT2D eigenvalue weighted by Crippen LogP contribution is 2.30. The van der Waals surface area contributed by atoms with Gasteiger partial charge in [-0.1, -0.05) is 48.5 Å². The van der Waals surface area contributed by atoms with Crippen molar-refractivity contribution in [2.45, 2.75) is 6.42 Å². The third-order valence-corrected chi connectivity index (χ3v) is 4.14. The van der Waals surface area contributed by atoms with Crippen LogP contribution >= 0.6 is 0 Å². The predicted molar refractivity (Wildman–Crippen MR) is 103 cm³/mol. The van der Waals surface area contributed by atoms with Gasteiger partial charge in [0.15, 0.2) is 11.5 Å². The number of hydrogen-bond donors (Lipinski definition) is 1. The van der Waals surface area contributed by atoms with E-state index >= 15 is 0 Å². The Kier molecular flexibility index (Phi) is 5.54. The van der Waals surface area contributed by atoms with E-state index in [-0.39, 0.29) is 5.91 Å². The van der Waals surface area contributed by atoms with E-state index in [0.29, 0.717) is 29.2 Å². The molecule has 0 spiro atoms. The minimum Gasteiger partial charge on any atom is -0.493 e. The molecule has 0 radical (unpaired) electrons. The van der Waals surface area contributed by atoms with E-state index in [1.54, 1.807) is 32.4 Å². The maximum Gasteiger partial charge on any atom is 0.255 e. The zero-order chi connectivity index (χ0) is 18.4. The van der Waals surface area contributed by atoms with Crippen LogP contribution in [-0.2, 0) is 6.42 Å². The fourth-order valence-corrected chi connectivity index (χ4v) is 2.82. The number of anilines is 1. The summed E-state index contributed by atoms with van der Waals surface area (Å²) in [5.41, 5.74) is 3.46. The van der Waals surface area contributed by atoms with E-state index in [1.165, 1.54) is 5.56 Å². The van der Waals surface area contributed by atoms with Crippen LogP contribution in [0.25, 0.3) is 0 Å². The first-order valence-corrected chi connectivity index (χ1v) is 8.36. The Morgan fingerprint density at radius 1 is 0.846 bits per heavy atom. The number of rotatable bonds is 6. The molecule has 0 heterocycles. The molecular formula is C22H21NO3. The van der Waals surface area contributed by atoms with Gasteiger partial charge in [0.1, 0.15) is 0 Å². The van der Waals surface area contributed by atoms with Gasteiger partial charge in [0.05, 0.1) is 14.2 Å². The van der Waals surface area contributed by atoms with Crippen molar-refractivity contribution in [2.75, 3.05) is 19.5 Å². The Morgan fingerprint density at radius 3 is 2.27 bits per heavy atom. The van der Waals surface area contributed by atoms with Crippen molar-refractivity contribution in [3.63, 3.8) is 0 Å². The van der Waals surface area contributed by atoms with Crippen LogP contribution < -0.4 is 14.8 Å². The smallest absolute Gasteiger partial charge is 0.255 e. The molecule has 0 atom stereocenters. The average molecular weight is 347 g/mol. The second kappa shape index (κ2) is 8.21. The Morgan fingerprint density at radius 2 is 1.54 bits per heavy atom. The summed E-state index contributed by atoms with van der Waals surface area (Å²) in [4.78, 5) is 12.8. The lowest BCUT2D eigenvalue weighted by Crippen LogP contribution is -2.14. The van der Waals surface area contributed by atoms with Crippen LogP contribution in [0.4, 0.5) is 5.69 Å². The number of carbonyl (C=O) groups is 1. The quantitative estimate of drug-likeness (QED) is 0.712. The van der Waals surface area contributed by atoms with Crippen molar-refractivity contribution in [3.05, 3.63) is 89.5 Å². The van der Waals surface area contributed by atoms with Gasteiger partial charge in [-0.15, -0.1) is 0 Å². The van der Waals surface area contributed by atoms with E-state index in [0.717, 1.165) is 5.56 Å². The first-order chi connectivity index (χ1) is 12.7. The number of carbonyl (C=O) groups excluding carboxylic acids is 1. The topological polar surface area (TPSA) is 47.6 Å². The molecule has 0 saturated heterocycles. The molecule has 26 heavy (non-hydrogen) atoms. The summed E-state index contributed by atoms with van der Waals surface area (Å²) in [6.07, 6.45) is 0.705. The zero-order valence-corrected chi connectivity index (χ0v) is 14.9. The van der Waals surface area contributed by atoms with Crippen LogP contribution in [0, 0.1) is 0 Å². The molecule has 1 amide bonds. The molecule has 0 unspecified atom stereocenters. The summed E-state index contributed by atoms with van der Waals surface area (Å²) >= 11 is 0. The van der Waals surface area contributed by atoms with Crippen molar-refractivity contribution in [1.82, 2.24) is 0 Å². The molecular weight excluding hydrogens is 326 g/mol. The standard InChI is InChI=1S/C22H21NO3/c1-25-20-13-12-18(15-21(20)26-2)23-22(24)19-11-7-6-10-17(19)14-16-8-4-3-5-9-16/h3-13,15H,14H2,1-2H3,(H,23,24). The third-order valence-electron chi connectivity index (χ3n) is 4.14. The average Bonchev–Trinajstić information content (AvgIpc) is 2.69. The monoisotopic (exact) mass is 347 g/mol.